The van der Waals surface area contributed by atoms with E-state index in [2.05, 4.69) is 31.4 Å². The van der Waals surface area contributed by atoms with E-state index in [-0.39, 0.29) is 5.82 Å². The Bertz CT molecular complexity index is 512. The Balaban J connectivity index is 1.95. The molecule has 0 fully saturated rings. The lowest BCUT2D eigenvalue weighted by Gasteiger charge is -2.07. The summed E-state index contributed by atoms with van der Waals surface area (Å²) in [4.78, 5) is 0. The highest BCUT2D eigenvalue weighted by Crippen LogP contribution is 2.20. The van der Waals surface area contributed by atoms with Gasteiger partial charge in [0, 0.05) is 13.6 Å². The molecule has 1 heterocycles. The fourth-order valence-corrected chi connectivity index (χ4v) is 1.87. The van der Waals surface area contributed by atoms with Gasteiger partial charge in [0.2, 0.25) is 0 Å². The number of benzene rings is 1. The van der Waals surface area contributed by atoms with Crippen LogP contribution in [-0.4, -0.2) is 14.8 Å². The zero-order valence-electron chi connectivity index (χ0n) is 9.32. The van der Waals surface area contributed by atoms with Crippen molar-refractivity contribution in [2.75, 3.05) is 0 Å². The molecular weight excluding hydrogens is 287 g/mol. The van der Waals surface area contributed by atoms with E-state index in [1.165, 1.54) is 6.07 Å². The number of hydrogen-bond acceptors (Lipinski definition) is 3. The fourth-order valence-electron chi connectivity index (χ4n) is 1.46. The first-order valence-corrected chi connectivity index (χ1v) is 5.94. The molecule has 0 spiro atoms. The third-order valence-electron chi connectivity index (χ3n) is 2.44. The molecule has 2 rings (SSSR count). The molecule has 1 aromatic carbocycles. The van der Waals surface area contributed by atoms with E-state index in [9.17, 15) is 4.39 Å². The lowest BCUT2D eigenvalue weighted by atomic mass is 10.2. The highest BCUT2D eigenvalue weighted by atomic mass is 79.9. The Morgan fingerprint density at radius 1 is 1.41 bits per heavy atom. The van der Waals surface area contributed by atoms with Crippen molar-refractivity contribution >= 4 is 15.9 Å². The summed E-state index contributed by atoms with van der Waals surface area (Å²) in [6, 6.07) is 4.99. The lowest BCUT2D eigenvalue weighted by molar-refractivity contribution is 0.605. The highest BCUT2D eigenvalue weighted by molar-refractivity contribution is 9.10. The molecule has 0 radical (unpaired) electrons. The first-order chi connectivity index (χ1) is 8.18. The Labute approximate surface area is 107 Å². The van der Waals surface area contributed by atoms with Crippen LogP contribution >= 0.6 is 15.9 Å². The van der Waals surface area contributed by atoms with Crippen LogP contribution in [0.25, 0.3) is 0 Å². The maximum absolute atomic E-state index is 13.2. The van der Waals surface area contributed by atoms with E-state index in [0.717, 1.165) is 11.4 Å². The topological polar surface area (TPSA) is 42.7 Å². The van der Waals surface area contributed by atoms with Crippen molar-refractivity contribution in [2.45, 2.75) is 13.1 Å². The number of nitrogens with zero attached hydrogens (tertiary/aromatic N) is 3. The Morgan fingerprint density at radius 3 is 2.94 bits per heavy atom. The molecule has 0 saturated heterocycles. The van der Waals surface area contributed by atoms with E-state index >= 15 is 0 Å². The van der Waals surface area contributed by atoms with Crippen LogP contribution in [0.4, 0.5) is 4.39 Å². The van der Waals surface area contributed by atoms with Gasteiger partial charge >= 0.3 is 0 Å². The molecule has 0 unspecified atom stereocenters. The summed E-state index contributed by atoms with van der Waals surface area (Å²) in [7, 11) is 1.88. The van der Waals surface area contributed by atoms with Gasteiger partial charge in [-0.2, -0.15) is 0 Å². The molecule has 0 amide bonds. The van der Waals surface area contributed by atoms with Gasteiger partial charge in [-0.25, -0.2) is 4.39 Å². The van der Waals surface area contributed by atoms with E-state index in [1.54, 1.807) is 12.4 Å². The predicted molar refractivity (Wildman–Crippen MR) is 65.6 cm³/mol. The van der Waals surface area contributed by atoms with Gasteiger partial charge in [0.05, 0.1) is 11.0 Å². The molecule has 17 heavy (non-hydrogen) atoms. The van der Waals surface area contributed by atoms with Crippen LogP contribution in [0.1, 0.15) is 11.4 Å². The third kappa shape index (κ3) is 2.89. The van der Waals surface area contributed by atoms with Gasteiger partial charge in [-0.05, 0) is 27.6 Å². The first-order valence-electron chi connectivity index (χ1n) is 5.15. The molecule has 1 aromatic heterocycles. The summed E-state index contributed by atoms with van der Waals surface area (Å²) in [5.74, 6) is 0.598. The van der Waals surface area contributed by atoms with Crippen molar-refractivity contribution in [2.24, 2.45) is 7.05 Å². The maximum Gasteiger partial charge on any atom is 0.146 e. The molecule has 2 aromatic rings. The molecular formula is C11H12BrFN4. The van der Waals surface area contributed by atoms with E-state index in [1.807, 2.05) is 17.7 Å². The van der Waals surface area contributed by atoms with Gasteiger partial charge in [-0.3, -0.25) is 0 Å². The summed E-state index contributed by atoms with van der Waals surface area (Å²) in [6.45, 7) is 1.17. The molecule has 0 aliphatic carbocycles. The van der Waals surface area contributed by atoms with E-state index < -0.39 is 0 Å². The average Bonchev–Trinajstić information content (AvgIpc) is 2.71. The molecule has 1 N–H and O–H groups in total. The van der Waals surface area contributed by atoms with Crippen molar-refractivity contribution < 1.29 is 4.39 Å². The fraction of sp³-hybridized carbons (Fsp3) is 0.273. The van der Waals surface area contributed by atoms with Gasteiger partial charge in [0.25, 0.3) is 0 Å². The highest BCUT2D eigenvalue weighted by Gasteiger charge is 2.05. The van der Waals surface area contributed by atoms with Crippen molar-refractivity contribution in [1.29, 1.82) is 0 Å². The van der Waals surface area contributed by atoms with Crippen LogP contribution in [0.5, 0.6) is 0 Å². The molecule has 6 heteroatoms. The standard InChI is InChI=1S/C11H12BrFN4/c1-17-7-15-16-10(17)6-14-5-8-3-2-4-9(13)11(8)12/h2-4,7,14H,5-6H2,1H3. The van der Waals surface area contributed by atoms with Crippen LogP contribution in [-0.2, 0) is 20.1 Å². The smallest absolute Gasteiger partial charge is 0.146 e. The van der Waals surface area contributed by atoms with Gasteiger partial charge in [-0.15, -0.1) is 10.2 Å². The molecule has 90 valence electrons. The predicted octanol–water partition coefficient (Wildman–Crippen LogP) is 2.01. The zero-order chi connectivity index (χ0) is 12.3. The Kier molecular flexibility index (Phi) is 3.86. The minimum Gasteiger partial charge on any atom is -0.320 e. The SMILES string of the molecule is Cn1cnnc1CNCc1cccc(F)c1Br. The number of hydrogen-bond donors (Lipinski definition) is 1. The molecule has 0 aliphatic heterocycles. The second-order valence-electron chi connectivity index (χ2n) is 3.67. The molecule has 0 atom stereocenters. The largest absolute Gasteiger partial charge is 0.320 e. The van der Waals surface area contributed by atoms with E-state index in [0.29, 0.717) is 17.6 Å². The van der Waals surface area contributed by atoms with Crippen LogP contribution < -0.4 is 5.32 Å². The molecule has 0 saturated carbocycles. The Hall–Kier alpha value is -1.27. The number of nitrogens with one attached hydrogen (secondary N) is 1. The second-order valence-corrected chi connectivity index (χ2v) is 4.47. The number of halogens is 2. The van der Waals surface area contributed by atoms with Crippen LogP contribution in [0.15, 0.2) is 29.0 Å². The minimum absolute atomic E-state index is 0.247. The van der Waals surface area contributed by atoms with Crippen molar-refractivity contribution in [1.82, 2.24) is 20.1 Å². The van der Waals surface area contributed by atoms with Crippen LogP contribution in [0, 0.1) is 5.82 Å². The van der Waals surface area contributed by atoms with Gasteiger partial charge in [0.1, 0.15) is 18.0 Å². The van der Waals surface area contributed by atoms with Crippen molar-refractivity contribution in [3.05, 3.63) is 46.2 Å². The summed E-state index contributed by atoms with van der Waals surface area (Å²) in [5.41, 5.74) is 0.882. The quantitative estimate of drug-likeness (QED) is 0.939. The monoisotopic (exact) mass is 298 g/mol. The van der Waals surface area contributed by atoms with Gasteiger partial charge in [0.15, 0.2) is 0 Å². The molecule has 0 bridgehead atoms. The Morgan fingerprint density at radius 2 is 2.24 bits per heavy atom. The van der Waals surface area contributed by atoms with Crippen LogP contribution in [0.3, 0.4) is 0 Å². The first kappa shape index (κ1) is 12.2. The summed E-state index contributed by atoms with van der Waals surface area (Å²) >= 11 is 3.23. The zero-order valence-corrected chi connectivity index (χ0v) is 10.9. The number of aromatic nitrogens is 3. The second kappa shape index (κ2) is 5.37. The average molecular weight is 299 g/mol. The maximum atomic E-state index is 13.2. The summed E-state index contributed by atoms with van der Waals surface area (Å²) in [5, 5.41) is 10.9. The molecule has 4 nitrogen and oxygen atoms in total. The third-order valence-corrected chi connectivity index (χ3v) is 3.32. The van der Waals surface area contributed by atoms with Crippen molar-refractivity contribution in [3.8, 4) is 0 Å². The lowest BCUT2D eigenvalue weighted by Crippen LogP contribution is -2.16. The van der Waals surface area contributed by atoms with E-state index in [4.69, 9.17) is 0 Å². The normalized spacial score (nSPS) is 10.8. The van der Waals surface area contributed by atoms with Gasteiger partial charge < -0.3 is 9.88 Å². The van der Waals surface area contributed by atoms with Crippen molar-refractivity contribution in [3.63, 3.8) is 0 Å². The summed E-state index contributed by atoms with van der Waals surface area (Å²) in [6.07, 6.45) is 1.65. The minimum atomic E-state index is -0.247. The number of rotatable bonds is 4. The van der Waals surface area contributed by atoms with Crippen LogP contribution in [0.2, 0.25) is 0 Å². The number of aryl methyl sites for hydroxylation is 1. The molecule has 0 aliphatic rings. The van der Waals surface area contributed by atoms with Gasteiger partial charge in [-0.1, -0.05) is 12.1 Å². The summed E-state index contributed by atoms with van der Waals surface area (Å²) < 4.78 is 15.6.